The quantitative estimate of drug-likeness (QED) is 0.724. The van der Waals surface area contributed by atoms with Gasteiger partial charge in [-0.3, -0.25) is 9.89 Å². The third kappa shape index (κ3) is 1.78. The maximum absolute atomic E-state index is 11.7. The summed E-state index contributed by atoms with van der Waals surface area (Å²) in [6, 6.07) is 3.71. The van der Waals surface area contributed by atoms with Crippen molar-refractivity contribution < 1.29 is 4.79 Å². The number of H-pyrrole nitrogens is 1. The van der Waals surface area contributed by atoms with Crippen molar-refractivity contribution in [3.05, 3.63) is 40.3 Å². The van der Waals surface area contributed by atoms with Gasteiger partial charge >= 0.3 is 0 Å². The lowest BCUT2D eigenvalue weighted by atomic mass is 10.0. The van der Waals surface area contributed by atoms with Crippen LogP contribution in [0, 0.1) is 0 Å². The van der Waals surface area contributed by atoms with Gasteiger partial charge in [0.1, 0.15) is 6.54 Å². The predicted molar refractivity (Wildman–Crippen MR) is 81.4 cm³/mol. The number of amides is 1. The third-order valence-electron chi connectivity index (χ3n) is 3.76. The van der Waals surface area contributed by atoms with Crippen LogP contribution < -0.4 is 5.32 Å². The topological polar surface area (TPSA) is 62.7 Å². The molecule has 0 radical (unpaired) electrons. The number of halogens is 2. The number of rotatable bonds is 1. The van der Waals surface area contributed by atoms with Crippen LogP contribution in [-0.2, 0) is 17.9 Å². The summed E-state index contributed by atoms with van der Waals surface area (Å²) in [4.78, 5) is 11.7. The zero-order valence-electron chi connectivity index (χ0n) is 10.8. The van der Waals surface area contributed by atoms with E-state index in [9.17, 15) is 4.79 Å². The van der Waals surface area contributed by atoms with Crippen LogP contribution in [0.1, 0.15) is 5.69 Å². The second-order valence-corrected chi connectivity index (χ2v) is 5.71. The lowest BCUT2D eigenvalue weighted by molar-refractivity contribution is -0.122. The van der Waals surface area contributed by atoms with Crippen molar-refractivity contribution in [1.82, 2.24) is 20.1 Å². The average molecular weight is 321 g/mol. The number of nitrogens with zero attached hydrogens (tertiary/aromatic N) is 2. The molecule has 0 fully saturated rings. The molecule has 5 nitrogen and oxygen atoms in total. The van der Waals surface area contributed by atoms with Gasteiger partial charge in [0.2, 0.25) is 5.91 Å². The van der Waals surface area contributed by atoms with Gasteiger partial charge in [0.05, 0.1) is 28.3 Å². The van der Waals surface area contributed by atoms with Gasteiger partial charge in [0.15, 0.2) is 0 Å². The maximum Gasteiger partial charge on any atom is 0.240 e. The molecule has 0 bridgehead atoms. The Labute approximate surface area is 129 Å². The minimum absolute atomic E-state index is 0.0332. The monoisotopic (exact) mass is 320 g/mol. The fourth-order valence-corrected chi connectivity index (χ4v) is 3.30. The van der Waals surface area contributed by atoms with Gasteiger partial charge in [0, 0.05) is 28.4 Å². The molecule has 2 aromatic heterocycles. The first-order valence-corrected chi connectivity index (χ1v) is 7.17. The molecule has 3 heterocycles. The molecule has 0 unspecified atom stereocenters. The standard InChI is InChI=1S/C14H10Cl2N4O/c15-9-2-1-8-12(7-3-18-19-4-7)10-5-17-11(21)6-20(10)14(8)13(9)16/h1-4H,5-6H2,(H,17,21)(H,18,19). The highest BCUT2D eigenvalue weighted by Gasteiger charge is 2.26. The third-order valence-corrected chi connectivity index (χ3v) is 4.56. The van der Waals surface area contributed by atoms with E-state index in [2.05, 4.69) is 15.5 Å². The van der Waals surface area contributed by atoms with Crippen molar-refractivity contribution in [2.24, 2.45) is 0 Å². The van der Waals surface area contributed by atoms with Crippen molar-refractivity contribution in [3.63, 3.8) is 0 Å². The highest BCUT2D eigenvalue weighted by molar-refractivity contribution is 6.45. The number of fused-ring (bicyclic) bond motifs is 3. The Kier molecular flexibility index (Phi) is 2.74. The average Bonchev–Trinajstić information content (AvgIpc) is 3.07. The van der Waals surface area contributed by atoms with Crippen LogP contribution in [0.4, 0.5) is 0 Å². The van der Waals surface area contributed by atoms with Gasteiger partial charge in [-0.05, 0) is 6.07 Å². The van der Waals surface area contributed by atoms with Crippen LogP contribution >= 0.6 is 23.2 Å². The molecular formula is C14H10Cl2N4O. The maximum atomic E-state index is 11.7. The highest BCUT2D eigenvalue weighted by atomic mass is 35.5. The van der Waals surface area contributed by atoms with Gasteiger partial charge in [-0.25, -0.2) is 0 Å². The lowest BCUT2D eigenvalue weighted by Crippen LogP contribution is -2.34. The van der Waals surface area contributed by atoms with E-state index in [1.165, 1.54) is 0 Å². The normalized spacial score (nSPS) is 14.3. The van der Waals surface area contributed by atoms with Crippen LogP contribution in [0.15, 0.2) is 24.5 Å². The molecule has 1 aliphatic heterocycles. The van der Waals surface area contributed by atoms with Crippen molar-refractivity contribution in [1.29, 1.82) is 0 Å². The molecule has 0 spiro atoms. The molecule has 0 saturated carbocycles. The molecule has 2 N–H and O–H groups in total. The van der Waals surface area contributed by atoms with E-state index < -0.39 is 0 Å². The van der Waals surface area contributed by atoms with Crippen LogP contribution in [0.5, 0.6) is 0 Å². The summed E-state index contributed by atoms with van der Waals surface area (Å²) in [6.45, 7) is 0.700. The Hall–Kier alpha value is -1.98. The molecule has 0 aliphatic carbocycles. The Morgan fingerprint density at radius 1 is 1.29 bits per heavy atom. The van der Waals surface area contributed by atoms with Gasteiger partial charge in [-0.2, -0.15) is 5.10 Å². The first-order valence-electron chi connectivity index (χ1n) is 6.41. The zero-order valence-corrected chi connectivity index (χ0v) is 12.3. The Bertz CT molecular complexity index is 867. The fourth-order valence-electron chi connectivity index (χ4n) is 2.88. The van der Waals surface area contributed by atoms with Gasteiger partial charge in [-0.15, -0.1) is 0 Å². The Morgan fingerprint density at radius 2 is 2.14 bits per heavy atom. The fraction of sp³-hybridized carbons (Fsp3) is 0.143. The number of aromatic nitrogens is 3. The van der Waals surface area contributed by atoms with E-state index in [4.69, 9.17) is 23.2 Å². The van der Waals surface area contributed by atoms with Crippen molar-refractivity contribution in [3.8, 4) is 11.1 Å². The van der Waals surface area contributed by atoms with Crippen molar-refractivity contribution in [2.45, 2.75) is 13.1 Å². The molecule has 106 valence electrons. The number of benzene rings is 1. The number of nitrogens with one attached hydrogen (secondary N) is 2. The van der Waals surface area contributed by atoms with E-state index in [1.54, 1.807) is 12.3 Å². The van der Waals surface area contributed by atoms with Crippen LogP contribution in [0.3, 0.4) is 0 Å². The number of carbonyl (C=O) groups excluding carboxylic acids is 1. The molecule has 1 aromatic carbocycles. The molecule has 7 heteroatoms. The summed E-state index contributed by atoms with van der Waals surface area (Å²) in [6.07, 6.45) is 3.59. The predicted octanol–water partition coefficient (Wildman–Crippen LogP) is 2.97. The SMILES string of the molecule is O=C1Cn2c(c(-c3cn[nH]c3)c3ccc(Cl)c(Cl)c32)CN1. The summed E-state index contributed by atoms with van der Waals surface area (Å²) in [7, 11) is 0. The van der Waals surface area contributed by atoms with Gasteiger partial charge in [0.25, 0.3) is 0 Å². The smallest absolute Gasteiger partial charge is 0.240 e. The summed E-state index contributed by atoms with van der Waals surface area (Å²) < 4.78 is 1.94. The molecule has 0 saturated heterocycles. The molecule has 4 rings (SSSR count). The Morgan fingerprint density at radius 3 is 2.90 bits per heavy atom. The summed E-state index contributed by atoms with van der Waals surface area (Å²) in [5.74, 6) is -0.0332. The highest BCUT2D eigenvalue weighted by Crippen LogP contribution is 2.41. The number of hydrogen-bond acceptors (Lipinski definition) is 2. The van der Waals surface area contributed by atoms with Gasteiger partial charge < -0.3 is 9.88 Å². The number of hydrogen-bond donors (Lipinski definition) is 2. The molecule has 21 heavy (non-hydrogen) atoms. The summed E-state index contributed by atoms with van der Waals surface area (Å²) in [5, 5.41) is 11.6. The summed E-state index contributed by atoms with van der Waals surface area (Å²) in [5.41, 5.74) is 3.79. The number of aromatic amines is 1. The minimum Gasteiger partial charge on any atom is -0.349 e. The molecule has 1 aliphatic rings. The molecular weight excluding hydrogens is 311 g/mol. The van der Waals surface area contributed by atoms with E-state index >= 15 is 0 Å². The Balaban J connectivity index is 2.15. The first kappa shape index (κ1) is 12.7. The summed E-state index contributed by atoms with van der Waals surface area (Å²) >= 11 is 12.5. The van der Waals surface area contributed by atoms with E-state index in [0.29, 0.717) is 16.6 Å². The molecule has 3 aromatic rings. The van der Waals surface area contributed by atoms with Crippen LogP contribution in [-0.4, -0.2) is 20.7 Å². The van der Waals surface area contributed by atoms with Crippen LogP contribution in [0.2, 0.25) is 10.0 Å². The second-order valence-electron chi connectivity index (χ2n) is 4.93. The van der Waals surface area contributed by atoms with Crippen molar-refractivity contribution in [2.75, 3.05) is 0 Å². The van der Waals surface area contributed by atoms with Crippen molar-refractivity contribution >= 4 is 40.0 Å². The van der Waals surface area contributed by atoms with E-state index in [1.807, 2.05) is 16.8 Å². The molecule has 0 atom stereocenters. The zero-order chi connectivity index (χ0) is 14.6. The second kappa shape index (κ2) is 4.51. The van der Waals surface area contributed by atoms with Crippen LogP contribution in [0.25, 0.3) is 22.0 Å². The molecule has 1 amide bonds. The largest absolute Gasteiger partial charge is 0.349 e. The van der Waals surface area contributed by atoms with Gasteiger partial charge in [-0.1, -0.05) is 29.3 Å². The van der Waals surface area contributed by atoms with E-state index in [0.717, 1.165) is 27.7 Å². The lowest BCUT2D eigenvalue weighted by Gasteiger charge is -2.18. The van der Waals surface area contributed by atoms with E-state index in [-0.39, 0.29) is 12.5 Å². The first-order chi connectivity index (χ1) is 10.2. The number of carbonyl (C=O) groups is 1. The minimum atomic E-state index is -0.0332.